The van der Waals surface area contributed by atoms with E-state index in [-0.39, 0.29) is 33.9 Å². The Morgan fingerprint density at radius 2 is 0.731 bits per heavy atom. The van der Waals surface area contributed by atoms with E-state index in [4.69, 9.17) is 9.90 Å². The molecule has 7 nitrogen and oxygen atoms in total. The highest BCUT2D eigenvalue weighted by molar-refractivity contribution is 5.83. The molecule has 0 aromatic heterocycles. The van der Waals surface area contributed by atoms with Crippen molar-refractivity contribution in [2.75, 3.05) is 0 Å². The Balaban J connectivity index is -0.000000285. The Bertz CT molecular complexity index is 630. The van der Waals surface area contributed by atoms with Crippen LogP contribution in [0, 0.1) is 0 Å². The van der Waals surface area contributed by atoms with Crippen molar-refractivity contribution >= 4 is 6.47 Å². The van der Waals surface area contributed by atoms with E-state index in [0.717, 1.165) is 0 Å². The zero-order valence-electron chi connectivity index (χ0n) is 14.0. The maximum atomic E-state index is 8.36. The number of rotatable bonds is 2. The molecule has 3 rings (SSSR count). The Kier molecular flexibility index (Phi) is 19.9. The zero-order valence-corrected chi connectivity index (χ0v) is 14.0. The van der Waals surface area contributed by atoms with Gasteiger partial charge in [0.05, 0.1) is 0 Å². The second-order valence-corrected chi connectivity index (χ2v) is 4.38. The molecule has 3 aromatic rings. The van der Waals surface area contributed by atoms with Crippen molar-refractivity contribution in [3.8, 4) is 22.3 Å². The monoisotopic (exact) mass is 366 g/mol. The Morgan fingerprint density at radius 1 is 0.500 bits per heavy atom. The third-order valence-corrected chi connectivity index (χ3v) is 3.10. The second-order valence-electron chi connectivity index (χ2n) is 4.38. The molecule has 0 amide bonds. The van der Waals surface area contributed by atoms with Crippen LogP contribution in [0.1, 0.15) is 0 Å². The van der Waals surface area contributed by atoms with Crippen LogP contribution < -0.4 is 0 Å². The van der Waals surface area contributed by atoms with Crippen LogP contribution in [0.3, 0.4) is 0 Å². The third kappa shape index (κ3) is 8.15. The molecule has 0 fully saturated rings. The Labute approximate surface area is 151 Å². The lowest BCUT2D eigenvalue weighted by Gasteiger charge is -2.09. The minimum absolute atomic E-state index is 0. The van der Waals surface area contributed by atoms with Gasteiger partial charge < -0.3 is 32.5 Å². The van der Waals surface area contributed by atoms with Crippen LogP contribution in [0.25, 0.3) is 22.3 Å². The molecule has 0 atom stereocenters. The van der Waals surface area contributed by atoms with Crippen LogP contribution in [0.2, 0.25) is 0 Å². The van der Waals surface area contributed by atoms with E-state index in [1.165, 1.54) is 22.3 Å². The third-order valence-electron chi connectivity index (χ3n) is 3.10. The fourth-order valence-electron chi connectivity index (χ4n) is 2.22. The van der Waals surface area contributed by atoms with Crippen molar-refractivity contribution in [2.24, 2.45) is 0 Å². The van der Waals surface area contributed by atoms with E-state index in [9.17, 15) is 0 Å². The summed E-state index contributed by atoms with van der Waals surface area (Å²) in [5.74, 6) is 0. The van der Waals surface area contributed by atoms with Crippen LogP contribution in [0.15, 0.2) is 84.9 Å². The summed E-state index contributed by atoms with van der Waals surface area (Å²) in [6, 6.07) is 29.6. The van der Waals surface area contributed by atoms with Crippen molar-refractivity contribution in [3.63, 3.8) is 0 Å². The number of benzene rings is 3. The molecule has 0 aliphatic rings. The standard InChI is InChI=1S/C18H14.CH2O2.5H2O/c1-3-9-15(10-4-1)17-13-7-8-14-18(17)16-11-5-2-6-12-16;2-1-3;;;;;/h1-14H;1H,(H,2,3);5*1H2. The lowest BCUT2D eigenvalue weighted by atomic mass is 9.95. The van der Waals surface area contributed by atoms with Crippen molar-refractivity contribution in [1.29, 1.82) is 0 Å². The molecule has 7 heteroatoms. The maximum absolute atomic E-state index is 8.36. The van der Waals surface area contributed by atoms with Crippen molar-refractivity contribution in [1.82, 2.24) is 0 Å². The summed E-state index contributed by atoms with van der Waals surface area (Å²) in [6.07, 6.45) is 0. The topological polar surface area (TPSA) is 195 Å². The van der Waals surface area contributed by atoms with Gasteiger partial charge in [0.2, 0.25) is 0 Å². The van der Waals surface area contributed by atoms with E-state index in [2.05, 4.69) is 84.9 Å². The highest BCUT2D eigenvalue weighted by Gasteiger charge is 2.05. The second kappa shape index (κ2) is 16.8. The average molecular weight is 366 g/mol. The lowest BCUT2D eigenvalue weighted by Crippen LogP contribution is -1.83. The van der Waals surface area contributed by atoms with E-state index in [1.807, 2.05) is 0 Å². The maximum Gasteiger partial charge on any atom is 0.290 e. The van der Waals surface area contributed by atoms with Crippen LogP contribution in [-0.4, -0.2) is 39.0 Å². The molecule has 0 unspecified atom stereocenters. The van der Waals surface area contributed by atoms with Gasteiger partial charge in [-0.05, 0) is 22.3 Å². The van der Waals surface area contributed by atoms with E-state index >= 15 is 0 Å². The molecule has 26 heavy (non-hydrogen) atoms. The first kappa shape index (κ1) is 30.8. The summed E-state index contributed by atoms with van der Waals surface area (Å²) in [5, 5.41) is 6.89. The fourth-order valence-corrected chi connectivity index (χ4v) is 2.22. The van der Waals surface area contributed by atoms with Crippen molar-refractivity contribution < 1.29 is 37.3 Å². The summed E-state index contributed by atoms with van der Waals surface area (Å²) in [7, 11) is 0. The molecule has 0 radical (unpaired) electrons. The largest absolute Gasteiger partial charge is 0.483 e. The molecule has 0 bridgehead atoms. The average Bonchev–Trinajstić information content (AvgIpc) is 2.57. The van der Waals surface area contributed by atoms with Crippen molar-refractivity contribution in [2.45, 2.75) is 0 Å². The Hall–Kier alpha value is -3.07. The fraction of sp³-hybridized carbons (Fsp3) is 0. The van der Waals surface area contributed by atoms with Crippen LogP contribution in [0.4, 0.5) is 0 Å². The van der Waals surface area contributed by atoms with E-state index < -0.39 is 0 Å². The highest BCUT2D eigenvalue weighted by atomic mass is 16.3. The van der Waals surface area contributed by atoms with Gasteiger partial charge in [-0.1, -0.05) is 84.9 Å². The number of carboxylic acid groups (broad SMARTS) is 1. The normalized spacial score (nSPS) is 7.54. The molecule has 0 heterocycles. The molecule has 3 aromatic carbocycles. The Morgan fingerprint density at radius 3 is 1.00 bits per heavy atom. The predicted octanol–water partition coefficient (Wildman–Crippen LogP) is 0.598. The zero-order chi connectivity index (χ0) is 14.9. The minimum Gasteiger partial charge on any atom is -0.483 e. The first-order valence-electron chi connectivity index (χ1n) is 6.64. The van der Waals surface area contributed by atoms with Crippen LogP contribution in [0.5, 0.6) is 0 Å². The van der Waals surface area contributed by atoms with E-state index in [1.54, 1.807) is 0 Å². The summed E-state index contributed by atoms with van der Waals surface area (Å²) in [4.78, 5) is 8.36. The molecule has 11 N–H and O–H groups in total. The lowest BCUT2D eigenvalue weighted by molar-refractivity contribution is -0.122. The molecule has 0 aliphatic carbocycles. The summed E-state index contributed by atoms with van der Waals surface area (Å²) < 4.78 is 0. The SMILES string of the molecule is O.O.O.O.O.O=CO.c1ccc(-c2ccccc2-c2ccccc2)cc1. The minimum atomic E-state index is -0.250. The van der Waals surface area contributed by atoms with Gasteiger partial charge >= 0.3 is 0 Å². The molecule has 0 spiro atoms. The molecule has 144 valence electrons. The molecular formula is C19H26O7. The van der Waals surface area contributed by atoms with Gasteiger partial charge in [0, 0.05) is 0 Å². The molecule has 0 aliphatic heterocycles. The highest BCUT2D eigenvalue weighted by Crippen LogP contribution is 2.31. The van der Waals surface area contributed by atoms with Gasteiger partial charge in [-0.2, -0.15) is 0 Å². The van der Waals surface area contributed by atoms with Gasteiger partial charge in [0.25, 0.3) is 6.47 Å². The number of carbonyl (C=O) groups is 1. The number of hydrogen-bond donors (Lipinski definition) is 1. The predicted molar refractivity (Wildman–Crippen MR) is 104 cm³/mol. The van der Waals surface area contributed by atoms with Gasteiger partial charge in [-0.25, -0.2) is 0 Å². The van der Waals surface area contributed by atoms with Gasteiger partial charge in [-0.3, -0.25) is 4.79 Å². The summed E-state index contributed by atoms with van der Waals surface area (Å²) in [6.45, 7) is -0.250. The van der Waals surface area contributed by atoms with Gasteiger partial charge in [0.1, 0.15) is 0 Å². The summed E-state index contributed by atoms with van der Waals surface area (Å²) >= 11 is 0. The number of hydrogen-bond acceptors (Lipinski definition) is 1. The first-order chi connectivity index (χ1) is 10.4. The van der Waals surface area contributed by atoms with E-state index in [0.29, 0.717) is 0 Å². The first-order valence-corrected chi connectivity index (χ1v) is 6.64. The smallest absolute Gasteiger partial charge is 0.290 e. The molecule has 0 saturated heterocycles. The summed E-state index contributed by atoms with van der Waals surface area (Å²) in [5.41, 5.74) is 5.09. The van der Waals surface area contributed by atoms with Crippen LogP contribution in [-0.2, 0) is 4.79 Å². The van der Waals surface area contributed by atoms with Gasteiger partial charge in [0.15, 0.2) is 0 Å². The quantitative estimate of drug-likeness (QED) is 0.649. The molecule has 0 saturated carbocycles. The molecular weight excluding hydrogens is 340 g/mol. The van der Waals surface area contributed by atoms with Crippen LogP contribution >= 0.6 is 0 Å². The van der Waals surface area contributed by atoms with Crippen molar-refractivity contribution in [3.05, 3.63) is 84.9 Å². The van der Waals surface area contributed by atoms with Gasteiger partial charge in [-0.15, -0.1) is 0 Å².